The first-order valence-corrected chi connectivity index (χ1v) is 39.8. The number of amides is 1. The van der Waals surface area contributed by atoms with Gasteiger partial charge in [0, 0.05) is 6.42 Å². The molecule has 17 unspecified atom stereocenters. The van der Waals surface area contributed by atoms with Crippen molar-refractivity contribution in [1.82, 2.24) is 5.32 Å². The molecule has 3 rings (SSSR count). The summed E-state index contributed by atoms with van der Waals surface area (Å²) >= 11 is 0. The van der Waals surface area contributed by atoms with Crippen LogP contribution in [0, 0.1) is 0 Å². The average molecular weight is 1360 g/mol. The Morgan fingerprint density at radius 2 is 0.600 bits per heavy atom. The molecule has 0 spiro atoms. The normalized spacial score (nSPS) is 27.1. The monoisotopic (exact) mass is 1360 g/mol. The van der Waals surface area contributed by atoms with Crippen LogP contribution in [0.5, 0.6) is 0 Å². The lowest BCUT2D eigenvalue weighted by Gasteiger charge is -2.48. The minimum absolute atomic E-state index is 0.233. The number of carbonyl (C=O) groups is 1. The number of aliphatic hydroxyl groups is 11. The minimum Gasteiger partial charge on any atom is -0.394 e. The zero-order valence-corrected chi connectivity index (χ0v) is 60.2. The fraction of sp³-hybridized carbons (Fsp3) is 0.987. The molecule has 1 amide bonds. The van der Waals surface area contributed by atoms with Crippen LogP contribution in [0.1, 0.15) is 348 Å². The summed E-state index contributed by atoms with van der Waals surface area (Å²) in [4.78, 5) is 13.5. The van der Waals surface area contributed by atoms with Crippen LogP contribution in [0.25, 0.3) is 0 Å². The van der Waals surface area contributed by atoms with Gasteiger partial charge in [-0.3, -0.25) is 4.79 Å². The molecule has 0 bridgehead atoms. The van der Waals surface area contributed by atoms with E-state index in [1.54, 1.807) is 0 Å². The van der Waals surface area contributed by atoms with Crippen LogP contribution in [-0.2, 0) is 33.2 Å². The Bertz CT molecular complexity index is 1720. The van der Waals surface area contributed by atoms with Gasteiger partial charge in [0.25, 0.3) is 0 Å². The number of nitrogens with one attached hydrogen (secondary N) is 1. The molecule has 19 heteroatoms. The van der Waals surface area contributed by atoms with Crippen molar-refractivity contribution >= 4 is 5.91 Å². The third-order valence-electron chi connectivity index (χ3n) is 20.4. The summed E-state index contributed by atoms with van der Waals surface area (Å²) in [5, 5.41) is 121. The molecule has 0 saturated carbocycles. The molecule has 12 N–H and O–H groups in total. The van der Waals surface area contributed by atoms with Crippen LogP contribution in [0.2, 0.25) is 0 Å². The predicted octanol–water partition coefficient (Wildman–Crippen LogP) is 12.6. The van der Waals surface area contributed by atoms with Crippen molar-refractivity contribution in [2.45, 2.75) is 452 Å². The molecular formula is C76H147NO18. The lowest BCUT2D eigenvalue weighted by Crippen LogP contribution is -2.66. The van der Waals surface area contributed by atoms with Gasteiger partial charge >= 0.3 is 0 Å². The van der Waals surface area contributed by atoms with E-state index in [1.807, 2.05) is 0 Å². The highest BCUT2D eigenvalue weighted by atomic mass is 16.8. The highest BCUT2D eigenvalue weighted by Crippen LogP contribution is 2.33. The van der Waals surface area contributed by atoms with Gasteiger partial charge in [-0.25, -0.2) is 0 Å². The minimum atomic E-state index is -1.97. The summed E-state index contributed by atoms with van der Waals surface area (Å²) < 4.78 is 34.5. The van der Waals surface area contributed by atoms with Crippen molar-refractivity contribution in [3.8, 4) is 0 Å². The first-order chi connectivity index (χ1) is 46.3. The van der Waals surface area contributed by atoms with E-state index in [-0.39, 0.29) is 18.9 Å². The number of rotatable bonds is 64. The number of unbranched alkanes of at least 4 members (excludes halogenated alkanes) is 48. The molecule has 0 radical (unpaired) electrons. The maximum absolute atomic E-state index is 13.5. The molecule has 564 valence electrons. The first-order valence-electron chi connectivity index (χ1n) is 39.8. The van der Waals surface area contributed by atoms with E-state index in [2.05, 4.69) is 19.2 Å². The van der Waals surface area contributed by atoms with E-state index in [1.165, 1.54) is 270 Å². The number of ether oxygens (including phenoxy) is 6. The Balaban J connectivity index is 1.37. The predicted molar refractivity (Wildman–Crippen MR) is 374 cm³/mol. The third kappa shape index (κ3) is 39.1. The Hall–Kier alpha value is -1.21. The van der Waals surface area contributed by atoms with Crippen LogP contribution >= 0.6 is 0 Å². The quantitative estimate of drug-likeness (QED) is 0.0252. The zero-order valence-electron chi connectivity index (χ0n) is 60.2. The molecule has 3 heterocycles. The summed E-state index contributed by atoms with van der Waals surface area (Å²) in [6.07, 6.45) is 39.0. The van der Waals surface area contributed by atoms with E-state index in [0.717, 1.165) is 44.9 Å². The van der Waals surface area contributed by atoms with Gasteiger partial charge in [-0.15, -0.1) is 0 Å². The fourth-order valence-electron chi connectivity index (χ4n) is 14.0. The largest absolute Gasteiger partial charge is 0.394 e. The van der Waals surface area contributed by atoms with E-state index >= 15 is 0 Å². The highest BCUT2D eigenvalue weighted by Gasteiger charge is 2.54. The van der Waals surface area contributed by atoms with Crippen LogP contribution in [-0.4, -0.2) is 193 Å². The molecule has 3 fully saturated rings. The topological polar surface area (TPSA) is 307 Å². The lowest BCUT2D eigenvalue weighted by molar-refractivity contribution is -0.379. The van der Waals surface area contributed by atoms with Crippen LogP contribution in [0.4, 0.5) is 0 Å². The third-order valence-corrected chi connectivity index (χ3v) is 20.4. The number of aliphatic hydroxyl groups excluding tert-OH is 11. The molecule has 3 saturated heterocycles. The maximum Gasteiger partial charge on any atom is 0.220 e. The fourth-order valence-corrected chi connectivity index (χ4v) is 14.0. The van der Waals surface area contributed by atoms with Crippen LogP contribution in [0.15, 0.2) is 0 Å². The summed E-state index contributed by atoms with van der Waals surface area (Å²) in [5.74, 6) is -0.233. The molecule has 95 heavy (non-hydrogen) atoms. The molecule has 3 aliphatic rings. The van der Waals surface area contributed by atoms with Crippen molar-refractivity contribution < 1.29 is 89.4 Å². The van der Waals surface area contributed by atoms with Crippen LogP contribution < -0.4 is 5.32 Å². The number of carbonyl (C=O) groups excluding carboxylic acids is 1. The number of hydrogen-bond acceptors (Lipinski definition) is 18. The van der Waals surface area contributed by atoms with Gasteiger partial charge in [0.15, 0.2) is 18.9 Å². The SMILES string of the molecule is CCCCCCCCCCCCCCCCCCCCCCCCCCCCCC(O)C(COC1OC(CO)C(OC2OC(CO)C(OC3OC(CO)C(O)C(O)C3O)C(O)C2O)C(O)C1O)NC(=O)CCCCCCCCCCCCCCCCCCCCCCCCC. The average Bonchev–Trinajstić information content (AvgIpc) is 0.786. The van der Waals surface area contributed by atoms with Gasteiger partial charge in [0.1, 0.15) is 73.2 Å². The number of hydrogen-bond donors (Lipinski definition) is 12. The summed E-state index contributed by atoms with van der Waals surface area (Å²) in [5.41, 5.74) is 0. The van der Waals surface area contributed by atoms with Gasteiger partial charge in [-0.05, 0) is 12.8 Å². The van der Waals surface area contributed by atoms with Gasteiger partial charge < -0.3 is 89.9 Å². The van der Waals surface area contributed by atoms with Gasteiger partial charge in [-0.2, -0.15) is 0 Å². The molecule has 17 atom stereocenters. The second-order valence-electron chi connectivity index (χ2n) is 28.9. The Morgan fingerprint density at radius 1 is 0.337 bits per heavy atom. The van der Waals surface area contributed by atoms with E-state index in [0.29, 0.717) is 12.8 Å². The summed E-state index contributed by atoms with van der Waals surface area (Å²) in [7, 11) is 0. The standard InChI is InChI=1S/C76H147NO18/c1-3-5-7-9-11-13-15-17-19-21-23-25-27-28-29-30-32-33-35-37-39-41-43-45-47-49-51-53-60(81)59(77-64(82)54-52-50-48-46-44-42-40-38-36-34-31-26-24-22-20-18-16-14-12-10-8-6-4-2)58-90-74-70(88)67(85)72(62(56-79)92-74)95-76-71(89)68(86)73(63(57-80)93-76)94-75-69(87)66(84)65(83)61(55-78)91-75/h59-63,65-76,78-81,83-89H,3-58H2,1-2H3,(H,77,82). The highest BCUT2D eigenvalue weighted by molar-refractivity contribution is 5.76. The van der Waals surface area contributed by atoms with E-state index in [9.17, 15) is 61.0 Å². The van der Waals surface area contributed by atoms with Crippen LogP contribution in [0.3, 0.4) is 0 Å². The molecule has 19 nitrogen and oxygen atoms in total. The van der Waals surface area contributed by atoms with Crippen molar-refractivity contribution in [1.29, 1.82) is 0 Å². The molecular weight excluding hydrogens is 1210 g/mol. The Morgan fingerprint density at radius 3 is 0.916 bits per heavy atom. The van der Waals surface area contributed by atoms with Gasteiger partial charge in [0.05, 0.1) is 38.6 Å². The van der Waals surface area contributed by atoms with E-state index < -0.39 is 124 Å². The summed E-state index contributed by atoms with van der Waals surface area (Å²) in [6.45, 7) is 1.87. The lowest BCUT2D eigenvalue weighted by atomic mass is 9.96. The molecule has 0 aromatic carbocycles. The maximum atomic E-state index is 13.5. The molecule has 3 aliphatic heterocycles. The smallest absolute Gasteiger partial charge is 0.220 e. The van der Waals surface area contributed by atoms with Gasteiger partial charge in [0.2, 0.25) is 5.91 Å². The van der Waals surface area contributed by atoms with Gasteiger partial charge in [-0.1, -0.05) is 328 Å². The molecule has 0 aromatic heterocycles. The molecule has 0 aliphatic carbocycles. The van der Waals surface area contributed by atoms with Crippen molar-refractivity contribution in [2.24, 2.45) is 0 Å². The summed E-state index contributed by atoms with van der Waals surface area (Å²) in [6, 6.07) is -0.883. The van der Waals surface area contributed by atoms with Crippen molar-refractivity contribution in [2.75, 3.05) is 26.4 Å². The first kappa shape index (κ1) is 88.0. The second-order valence-corrected chi connectivity index (χ2v) is 28.9. The zero-order chi connectivity index (χ0) is 68.9. The Kier molecular flexibility index (Phi) is 54.0. The Labute approximate surface area is 576 Å². The second kappa shape index (κ2) is 58.3. The van der Waals surface area contributed by atoms with E-state index in [4.69, 9.17) is 28.4 Å². The van der Waals surface area contributed by atoms with Crippen molar-refractivity contribution in [3.63, 3.8) is 0 Å². The van der Waals surface area contributed by atoms with Crippen molar-refractivity contribution in [3.05, 3.63) is 0 Å². The molecule has 0 aromatic rings.